The minimum atomic E-state index is -1.19. The molecule has 2 N–H and O–H groups in total. The SMILES string of the molecule is CC1CCC(CO)(NCc2cc(F)c(F)cc2F)CC1. The second kappa shape index (κ2) is 6.14. The molecule has 2 nitrogen and oxygen atoms in total. The molecule has 1 saturated carbocycles. The monoisotopic (exact) mass is 287 g/mol. The zero-order valence-electron chi connectivity index (χ0n) is 11.6. The van der Waals surface area contributed by atoms with Gasteiger partial charge in [0.1, 0.15) is 5.82 Å². The van der Waals surface area contributed by atoms with Crippen molar-refractivity contribution in [2.75, 3.05) is 6.61 Å². The molecule has 2 rings (SSSR count). The lowest BCUT2D eigenvalue weighted by Gasteiger charge is -2.39. The maximum absolute atomic E-state index is 13.6. The maximum atomic E-state index is 13.6. The van der Waals surface area contributed by atoms with Crippen LogP contribution in [0.15, 0.2) is 12.1 Å². The van der Waals surface area contributed by atoms with E-state index >= 15 is 0 Å². The van der Waals surface area contributed by atoms with E-state index < -0.39 is 23.0 Å². The van der Waals surface area contributed by atoms with E-state index in [0.29, 0.717) is 12.0 Å². The molecular formula is C15H20F3NO. The van der Waals surface area contributed by atoms with Crippen molar-refractivity contribution in [3.8, 4) is 0 Å². The topological polar surface area (TPSA) is 32.3 Å². The first-order valence-corrected chi connectivity index (χ1v) is 6.95. The highest BCUT2D eigenvalue weighted by Crippen LogP contribution is 2.32. The normalized spacial score (nSPS) is 26.8. The number of aliphatic hydroxyl groups excluding tert-OH is 1. The lowest BCUT2D eigenvalue weighted by molar-refractivity contribution is 0.104. The Kier molecular flexibility index (Phi) is 4.70. The Morgan fingerprint density at radius 3 is 2.35 bits per heavy atom. The van der Waals surface area contributed by atoms with Crippen molar-refractivity contribution in [1.29, 1.82) is 0 Å². The van der Waals surface area contributed by atoms with E-state index in [1.807, 2.05) is 0 Å². The molecular weight excluding hydrogens is 267 g/mol. The number of hydrogen-bond acceptors (Lipinski definition) is 2. The van der Waals surface area contributed by atoms with Crippen LogP contribution in [-0.4, -0.2) is 17.3 Å². The van der Waals surface area contributed by atoms with Crippen molar-refractivity contribution in [1.82, 2.24) is 5.32 Å². The Bertz CT molecular complexity index is 470. The molecule has 0 atom stereocenters. The van der Waals surface area contributed by atoms with E-state index in [2.05, 4.69) is 12.2 Å². The van der Waals surface area contributed by atoms with Gasteiger partial charge in [-0.1, -0.05) is 6.92 Å². The molecule has 0 unspecified atom stereocenters. The Hall–Kier alpha value is -1.07. The average Bonchev–Trinajstić information content (AvgIpc) is 2.44. The van der Waals surface area contributed by atoms with Gasteiger partial charge >= 0.3 is 0 Å². The highest BCUT2D eigenvalue weighted by atomic mass is 19.2. The van der Waals surface area contributed by atoms with Gasteiger partial charge in [-0.25, -0.2) is 13.2 Å². The molecule has 0 saturated heterocycles. The third kappa shape index (κ3) is 3.33. The smallest absolute Gasteiger partial charge is 0.161 e. The summed E-state index contributed by atoms with van der Waals surface area (Å²) in [6.07, 6.45) is 3.59. The van der Waals surface area contributed by atoms with Crippen LogP contribution in [0.1, 0.15) is 38.2 Å². The van der Waals surface area contributed by atoms with E-state index in [1.165, 1.54) is 0 Å². The van der Waals surface area contributed by atoms with Crippen LogP contribution in [0.3, 0.4) is 0 Å². The third-order valence-electron chi connectivity index (χ3n) is 4.28. The fourth-order valence-corrected chi connectivity index (χ4v) is 2.69. The van der Waals surface area contributed by atoms with E-state index in [-0.39, 0.29) is 18.7 Å². The first kappa shape index (κ1) is 15.3. The van der Waals surface area contributed by atoms with E-state index in [0.717, 1.165) is 31.7 Å². The summed E-state index contributed by atoms with van der Waals surface area (Å²) in [5.74, 6) is -2.39. The summed E-state index contributed by atoms with van der Waals surface area (Å²) in [7, 11) is 0. The second-order valence-corrected chi connectivity index (χ2v) is 5.83. The van der Waals surface area contributed by atoms with Crippen LogP contribution < -0.4 is 5.32 Å². The van der Waals surface area contributed by atoms with Crippen molar-refractivity contribution in [2.45, 2.75) is 44.7 Å². The van der Waals surface area contributed by atoms with Crippen molar-refractivity contribution >= 4 is 0 Å². The molecule has 0 heterocycles. The molecule has 0 aliphatic heterocycles. The Morgan fingerprint density at radius 1 is 1.15 bits per heavy atom. The summed E-state index contributed by atoms with van der Waals surface area (Å²) in [6.45, 7) is 2.21. The number of halogens is 3. The third-order valence-corrected chi connectivity index (χ3v) is 4.28. The van der Waals surface area contributed by atoms with E-state index in [1.54, 1.807) is 0 Å². The lowest BCUT2D eigenvalue weighted by atomic mass is 9.77. The Labute approximate surface area is 117 Å². The van der Waals surface area contributed by atoms with Gasteiger partial charge in [-0.2, -0.15) is 0 Å². The Morgan fingerprint density at radius 2 is 1.75 bits per heavy atom. The molecule has 1 fully saturated rings. The Balaban J connectivity index is 2.05. The first-order chi connectivity index (χ1) is 9.46. The molecule has 0 bridgehead atoms. The van der Waals surface area contributed by atoms with Crippen LogP contribution >= 0.6 is 0 Å². The fourth-order valence-electron chi connectivity index (χ4n) is 2.69. The predicted octanol–water partition coefficient (Wildman–Crippen LogP) is 3.13. The summed E-state index contributed by atoms with van der Waals surface area (Å²) in [6, 6.07) is 1.43. The number of rotatable bonds is 4. The van der Waals surface area contributed by atoms with Crippen LogP contribution in [0.5, 0.6) is 0 Å². The first-order valence-electron chi connectivity index (χ1n) is 6.95. The molecule has 1 aromatic rings. The van der Waals surface area contributed by atoms with Crippen molar-refractivity contribution in [2.24, 2.45) is 5.92 Å². The molecule has 1 aromatic carbocycles. The van der Waals surface area contributed by atoms with Gasteiger partial charge in [-0.3, -0.25) is 0 Å². The number of benzene rings is 1. The zero-order valence-corrected chi connectivity index (χ0v) is 11.6. The molecule has 0 amide bonds. The molecule has 0 aromatic heterocycles. The number of hydrogen-bond donors (Lipinski definition) is 2. The summed E-state index contributed by atoms with van der Waals surface area (Å²) < 4.78 is 39.6. The van der Waals surface area contributed by atoms with Gasteiger partial charge in [0.2, 0.25) is 0 Å². The standard InChI is InChI=1S/C15H20F3NO/c1-10-2-4-15(9-20,5-3-10)19-8-11-6-13(17)14(18)7-12(11)16/h6-7,10,19-20H,2-5,8-9H2,1H3. The van der Waals surface area contributed by atoms with Crippen molar-refractivity contribution in [3.63, 3.8) is 0 Å². The maximum Gasteiger partial charge on any atom is 0.161 e. The van der Waals surface area contributed by atoms with Crippen LogP contribution in [0, 0.1) is 23.4 Å². The lowest BCUT2D eigenvalue weighted by Crippen LogP contribution is -2.50. The summed E-state index contributed by atoms with van der Waals surface area (Å²) >= 11 is 0. The molecule has 1 aliphatic rings. The summed E-state index contributed by atoms with van der Waals surface area (Å²) in [5.41, 5.74) is -0.362. The molecule has 20 heavy (non-hydrogen) atoms. The highest BCUT2D eigenvalue weighted by molar-refractivity contribution is 5.20. The predicted molar refractivity (Wildman–Crippen MR) is 70.6 cm³/mol. The van der Waals surface area contributed by atoms with Gasteiger partial charge in [0, 0.05) is 23.7 Å². The van der Waals surface area contributed by atoms with Crippen LogP contribution in [0.25, 0.3) is 0 Å². The van der Waals surface area contributed by atoms with Crippen LogP contribution in [-0.2, 0) is 6.54 Å². The van der Waals surface area contributed by atoms with Gasteiger partial charge in [0.05, 0.1) is 6.61 Å². The molecule has 0 spiro atoms. The minimum absolute atomic E-state index is 0.0367. The second-order valence-electron chi connectivity index (χ2n) is 5.83. The van der Waals surface area contributed by atoms with E-state index in [9.17, 15) is 18.3 Å². The summed E-state index contributed by atoms with van der Waals surface area (Å²) in [4.78, 5) is 0. The zero-order chi connectivity index (χ0) is 14.8. The quantitative estimate of drug-likeness (QED) is 0.834. The number of aliphatic hydroxyl groups is 1. The largest absolute Gasteiger partial charge is 0.394 e. The van der Waals surface area contributed by atoms with Gasteiger partial charge in [-0.15, -0.1) is 0 Å². The van der Waals surface area contributed by atoms with E-state index in [4.69, 9.17) is 0 Å². The summed E-state index contributed by atoms with van der Waals surface area (Å²) in [5, 5.41) is 12.7. The van der Waals surface area contributed by atoms with Gasteiger partial charge in [0.25, 0.3) is 0 Å². The van der Waals surface area contributed by atoms with Crippen molar-refractivity contribution < 1.29 is 18.3 Å². The molecule has 1 aliphatic carbocycles. The highest BCUT2D eigenvalue weighted by Gasteiger charge is 2.33. The van der Waals surface area contributed by atoms with Crippen LogP contribution in [0.4, 0.5) is 13.2 Å². The van der Waals surface area contributed by atoms with Crippen LogP contribution in [0.2, 0.25) is 0 Å². The fraction of sp³-hybridized carbons (Fsp3) is 0.600. The molecule has 0 radical (unpaired) electrons. The van der Waals surface area contributed by atoms with Gasteiger partial charge < -0.3 is 10.4 Å². The van der Waals surface area contributed by atoms with Gasteiger partial charge in [-0.05, 0) is 37.7 Å². The minimum Gasteiger partial charge on any atom is -0.394 e. The molecule has 5 heteroatoms. The molecule has 112 valence electrons. The van der Waals surface area contributed by atoms with Gasteiger partial charge in [0.15, 0.2) is 11.6 Å². The number of nitrogens with one attached hydrogen (secondary N) is 1. The average molecular weight is 287 g/mol. The van der Waals surface area contributed by atoms with Crippen molar-refractivity contribution in [3.05, 3.63) is 35.1 Å².